The zero-order chi connectivity index (χ0) is 14.0. The van der Waals surface area contributed by atoms with E-state index in [9.17, 15) is 18.5 Å². The van der Waals surface area contributed by atoms with Gasteiger partial charge in [0.2, 0.25) is 6.33 Å². The van der Waals surface area contributed by atoms with Gasteiger partial charge in [0.05, 0.1) is 6.54 Å². The Hall–Kier alpha value is -1.93. The molecule has 0 fully saturated rings. The number of imidazole rings is 1. The molecule has 0 unspecified atom stereocenters. The van der Waals surface area contributed by atoms with E-state index in [1.807, 2.05) is 0 Å². The summed E-state index contributed by atoms with van der Waals surface area (Å²) in [6.07, 6.45) is 1.08. The predicted molar refractivity (Wildman–Crippen MR) is 67.5 cm³/mol. The van der Waals surface area contributed by atoms with Gasteiger partial charge in [-0.25, -0.2) is 8.42 Å². The first kappa shape index (κ1) is 13.5. The van der Waals surface area contributed by atoms with Crippen LogP contribution in [0.15, 0.2) is 41.7 Å². The molecule has 0 saturated carbocycles. The van der Waals surface area contributed by atoms with Gasteiger partial charge in [-0.05, 0) is 15.5 Å². The topological polar surface area (TPSA) is 95.1 Å². The van der Waals surface area contributed by atoms with Crippen LogP contribution in [-0.2, 0) is 15.6 Å². The molecule has 0 saturated heterocycles. The van der Waals surface area contributed by atoms with Crippen molar-refractivity contribution in [2.45, 2.75) is 11.6 Å². The lowest BCUT2D eigenvalue weighted by Gasteiger charge is -2.04. The molecule has 1 aromatic heterocycles. The molecule has 9 heteroatoms. The second kappa shape index (κ2) is 4.98. The maximum Gasteiger partial charge on any atom is 0.402 e. The van der Waals surface area contributed by atoms with E-state index in [1.54, 1.807) is 30.3 Å². The Morgan fingerprint density at radius 2 is 1.95 bits per heavy atom. The highest BCUT2D eigenvalue weighted by atomic mass is 35.7. The van der Waals surface area contributed by atoms with E-state index < -0.39 is 24.8 Å². The largest absolute Gasteiger partial charge is 0.402 e. The number of hydrogen-bond donors (Lipinski definition) is 0. The third-order valence-corrected chi connectivity index (χ3v) is 3.69. The molecule has 0 N–H and O–H groups in total. The summed E-state index contributed by atoms with van der Waals surface area (Å²) in [5.41, 5.74) is 0.774. The van der Waals surface area contributed by atoms with Gasteiger partial charge in [0, 0.05) is 10.7 Å². The fraction of sp³-hybridized carbons (Fsp3) is 0.100. The molecule has 2 aromatic rings. The minimum Gasteiger partial charge on any atom is -0.358 e. The number of hydrogen-bond acceptors (Lipinski definition) is 5. The molecule has 0 spiro atoms. The van der Waals surface area contributed by atoms with Crippen LogP contribution < -0.4 is 0 Å². The Morgan fingerprint density at radius 3 is 2.47 bits per heavy atom. The van der Waals surface area contributed by atoms with Gasteiger partial charge in [-0.2, -0.15) is 0 Å². The van der Waals surface area contributed by atoms with E-state index in [0.717, 1.165) is 16.5 Å². The van der Waals surface area contributed by atoms with Gasteiger partial charge in [-0.3, -0.25) is 4.57 Å². The molecule has 0 amide bonds. The highest BCUT2D eigenvalue weighted by Gasteiger charge is 2.31. The average molecular weight is 302 g/mol. The first-order chi connectivity index (χ1) is 8.89. The third kappa shape index (κ3) is 2.91. The van der Waals surface area contributed by atoms with Crippen LogP contribution in [0, 0.1) is 10.1 Å². The average Bonchev–Trinajstić information content (AvgIpc) is 2.74. The van der Waals surface area contributed by atoms with Gasteiger partial charge in [-0.1, -0.05) is 30.3 Å². The number of benzene rings is 1. The first-order valence-electron chi connectivity index (χ1n) is 5.07. The van der Waals surface area contributed by atoms with Crippen LogP contribution in [0.25, 0.3) is 0 Å². The molecule has 0 aliphatic carbocycles. The molecule has 1 aromatic carbocycles. The van der Waals surface area contributed by atoms with Crippen LogP contribution in [0.5, 0.6) is 0 Å². The molecule has 7 nitrogen and oxygen atoms in total. The van der Waals surface area contributed by atoms with Crippen LogP contribution in [-0.4, -0.2) is 22.9 Å². The van der Waals surface area contributed by atoms with Gasteiger partial charge >= 0.3 is 5.82 Å². The fourth-order valence-corrected chi connectivity index (χ4v) is 2.84. The SMILES string of the molecule is O=[N+]([O-])c1ncn(Cc2ccccc2)c1S(=O)(=O)Cl. The fourth-order valence-electron chi connectivity index (χ4n) is 1.63. The van der Waals surface area contributed by atoms with E-state index in [4.69, 9.17) is 10.7 Å². The summed E-state index contributed by atoms with van der Waals surface area (Å²) >= 11 is 0. The van der Waals surface area contributed by atoms with Gasteiger partial charge in [0.15, 0.2) is 0 Å². The third-order valence-electron chi connectivity index (χ3n) is 2.37. The quantitative estimate of drug-likeness (QED) is 0.487. The summed E-state index contributed by atoms with van der Waals surface area (Å²) in [6, 6.07) is 8.87. The lowest BCUT2D eigenvalue weighted by Crippen LogP contribution is -2.07. The standard InChI is InChI=1S/C10H8ClN3O4S/c11-19(17,18)10-9(14(15)16)12-7-13(10)6-8-4-2-1-3-5-8/h1-5,7H,6H2. The van der Waals surface area contributed by atoms with Crippen molar-refractivity contribution in [2.24, 2.45) is 0 Å². The summed E-state index contributed by atoms with van der Waals surface area (Å²) < 4.78 is 24.0. The Kier molecular flexibility index (Phi) is 3.54. The van der Waals surface area contributed by atoms with Crippen LogP contribution >= 0.6 is 10.7 Å². The smallest absolute Gasteiger partial charge is 0.358 e. The molecule has 2 rings (SSSR count). The van der Waals surface area contributed by atoms with Gasteiger partial charge in [0.1, 0.15) is 0 Å². The molecule has 19 heavy (non-hydrogen) atoms. The molecular formula is C10H8ClN3O4S. The summed E-state index contributed by atoms with van der Waals surface area (Å²) in [5, 5.41) is 10.1. The number of aromatic nitrogens is 2. The lowest BCUT2D eigenvalue weighted by atomic mass is 10.2. The lowest BCUT2D eigenvalue weighted by molar-refractivity contribution is -0.392. The minimum atomic E-state index is -4.25. The Morgan fingerprint density at radius 1 is 1.32 bits per heavy atom. The number of nitrogens with zero attached hydrogens (tertiary/aromatic N) is 3. The van der Waals surface area contributed by atoms with Crippen LogP contribution in [0.2, 0.25) is 0 Å². The maximum absolute atomic E-state index is 11.4. The highest BCUT2D eigenvalue weighted by Crippen LogP contribution is 2.26. The molecule has 0 aliphatic heterocycles. The summed E-state index contributed by atoms with van der Waals surface area (Å²) in [7, 11) is 0.973. The van der Waals surface area contributed by atoms with E-state index in [0.29, 0.717) is 0 Å². The van der Waals surface area contributed by atoms with Crippen molar-refractivity contribution in [1.29, 1.82) is 0 Å². The summed E-state index contributed by atoms with van der Waals surface area (Å²) in [6.45, 7) is 0.128. The van der Waals surface area contributed by atoms with E-state index in [1.165, 1.54) is 0 Å². The predicted octanol–water partition coefficient (Wildman–Crippen LogP) is 1.77. The zero-order valence-electron chi connectivity index (χ0n) is 9.43. The summed E-state index contributed by atoms with van der Waals surface area (Å²) in [4.78, 5) is 13.3. The van der Waals surface area contributed by atoms with Crippen LogP contribution in [0.1, 0.15) is 5.56 Å². The molecular weight excluding hydrogens is 294 g/mol. The number of rotatable bonds is 4. The molecule has 0 atom stereocenters. The van der Waals surface area contributed by atoms with E-state index in [2.05, 4.69) is 4.98 Å². The molecule has 1 heterocycles. The normalized spacial score (nSPS) is 11.4. The number of nitro groups is 1. The second-order valence-electron chi connectivity index (χ2n) is 3.68. The number of halogens is 1. The first-order valence-corrected chi connectivity index (χ1v) is 7.38. The van der Waals surface area contributed by atoms with Gasteiger partial charge in [-0.15, -0.1) is 0 Å². The molecule has 0 bridgehead atoms. The van der Waals surface area contributed by atoms with Crippen molar-refractivity contribution in [1.82, 2.24) is 9.55 Å². The van der Waals surface area contributed by atoms with Crippen molar-refractivity contribution >= 4 is 25.6 Å². The van der Waals surface area contributed by atoms with Crippen LogP contribution in [0.4, 0.5) is 5.82 Å². The highest BCUT2D eigenvalue weighted by molar-refractivity contribution is 8.13. The second-order valence-corrected chi connectivity index (χ2v) is 6.16. The van der Waals surface area contributed by atoms with Crippen LogP contribution in [0.3, 0.4) is 0 Å². The Balaban J connectivity index is 2.50. The van der Waals surface area contributed by atoms with E-state index >= 15 is 0 Å². The molecule has 0 radical (unpaired) electrons. The summed E-state index contributed by atoms with van der Waals surface area (Å²) in [5.74, 6) is -0.772. The van der Waals surface area contributed by atoms with Gasteiger partial charge < -0.3 is 10.1 Å². The Bertz CT molecular complexity index is 712. The zero-order valence-corrected chi connectivity index (χ0v) is 11.0. The van der Waals surface area contributed by atoms with Crippen molar-refractivity contribution in [3.05, 3.63) is 52.3 Å². The van der Waals surface area contributed by atoms with Crippen molar-refractivity contribution in [2.75, 3.05) is 0 Å². The molecule has 100 valence electrons. The maximum atomic E-state index is 11.4. The monoisotopic (exact) mass is 301 g/mol. The molecule has 0 aliphatic rings. The van der Waals surface area contributed by atoms with Crippen molar-refractivity contribution in [3.63, 3.8) is 0 Å². The van der Waals surface area contributed by atoms with Crippen molar-refractivity contribution < 1.29 is 13.3 Å². The Labute approximate surface area is 113 Å². The van der Waals surface area contributed by atoms with E-state index in [-0.39, 0.29) is 6.54 Å². The van der Waals surface area contributed by atoms with Crippen molar-refractivity contribution in [3.8, 4) is 0 Å². The minimum absolute atomic E-state index is 0.128. The van der Waals surface area contributed by atoms with Gasteiger partial charge in [0.25, 0.3) is 14.1 Å².